The van der Waals surface area contributed by atoms with Crippen LogP contribution in [0.1, 0.15) is 15.9 Å². The number of halogens is 3. The van der Waals surface area contributed by atoms with Gasteiger partial charge >= 0.3 is 0 Å². The lowest BCUT2D eigenvalue weighted by molar-refractivity contribution is 0.0934. The van der Waals surface area contributed by atoms with Gasteiger partial charge in [-0.3, -0.25) is 4.79 Å². The van der Waals surface area contributed by atoms with Crippen LogP contribution in [-0.4, -0.2) is 21.0 Å². The van der Waals surface area contributed by atoms with Crippen LogP contribution in [0.25, 0.3) is 10.8 Å². The Morgan fingerprint density at radius 2 is 1.59 bits per heavy atom. The second kappa shape index (κ2) is 9.18. The van der Waals surface area contributed by atoms with Crippen LogP contribution in [0.2, 0.25) is 0 Å². The fourth-order valence-electron chi connectivity index (χ4n) is 2.74. The fraction of sp³-hybridized carbons (Fsp3) is 0.143. The van der Waals surface area contributed by atoms with Crippen LogP contribution in [-0.2, 0) is 0 Å². The Balaban J connectivity index is 1.73. The maximum Gasteiger partial charge on any atom is 0.252 e. The zero-order valence-electron chi connectivity index (χ0n) is 15.4. The minimum absolute atomic E-state index is 0.210. The van der Waals surface area contributed by atoms with E-state index in [-0.39, 0.29) is 11.0 Å². The SMILES string of the molecule is Cc1ccc(C(=O)N[C@H](NC(=S)Nc2cccc3ccccc23)C(Cl)(Cl)Cl)cc1. The molecule has 0 saturated heterocycles. The molecule has 0 spiro atoms. The van der Waals surface area contributed by atoms with Crippen molar-refractivity contribution in [2.24, 2.45) is 0 Å². The van der Waals surface area contributed by atoms with Crippen molar-refractivity contribution in [2.75, 3.05) is 5.32 Å². The number of benzene rings is 3. The first-order valence-corrected chi connectivity index (χ1v) is 10.3. The van der Waals surface area contributed by atoms with E-state index in [9.17, 15) is 4.79 Å². The average Bonchev–Trinajstić information content (AvgIpc) is 2.67. The number of nitrogens with one attached hydrogen (secondary N) is 3. The molecule has 0 fully saturated rings. The molecule has 4 nitrogen and oxygen atoms in total. The summed E-state index contributed by atoms with van der Waals surface area (Å²) in [5, 5.41) is 10.9. The molecule has 3 aromatic carbocycles. The van der Waals surface area contributed by atoms with Crippen molar-refractivity contribution >= 4 is 74.5 Å². The summed E-state index contributed by atoms with van der Waals surface area (Å²) in [6.45, 7) is 1.94. The summed E-state index contributed by atoms with van der Waals surface area (Å²) >= 11 is 23.6. The third-order valence-electron chi connectivity index (χ3n) is 4.23. The molecule has 0 unspecified atom stereocenters. The molecule has 1 amide bonds. The van der Waals surface area contributed by atoms with Gasteiger partial charge in [0.05, 0.1) is 0 Å². The van der Waals surface area contributed by atoms with Crippen molar-refractivity contribution in [3.05, 3.63) is 77.9 Å². The molecule has 0 bridgehead atoms. The number of rotatable bonds is 4. The number of fused-ring (bicyclic) bond motifs is 1. The Morgan fingerprint density at radius 1 is 0.931 bits per heavy atom. The quantitative estimate of drug-likeness (QED) is 0.268. The first kappa shape index (κ1) is 21.7. The van der Waals surface area contributed by atoms with Gasteiger partial charge < -0.3 is 16.0 Å². The van der Waals surface area contributed by atoms with E-state index in [1.54, 1.807) is 12.1 Å². The van der Waals surface area contributed by atoms with Crippen molar-refractivity contribution in [1.82, 2.24) is 10.6 Å². The van der Waals surface area contributed by atoms with Gasteiger partial charge in [-0.15, -0.1) is 0 Å². The van der Waals surface area contributed by atoms with E-state index in [1.807, 2.05) is 61.5 Å². The van der Waals surface area contributed by atoms with Crippen LogP contribution >= 0.6 is 47.0 Å². The van der Waals surface area contributed by atoms with Gasteiger partial charge in [0, 0.05) is 16.6 Å². The number of aryl methyl sites for hydroxylation is 1. The van der Waals surface area contributed by atoms with Crippen molar-refractivity contribution in [1.29, 1.82) is 0 Å². The number of alkyl halides is 3. The molecular weight excluding hydrogens is 449 g/mol. The minimum atomic E-state index is -1.83. The van der Waals surface area contributed by atoms with Crippen LogP contribution in [0.15, 0.2) is 66.7 Å². The number of thiocarbonyl (C=S) groups is 1. The first-order valence-electron chi connectivity index (χ1n) is 8.73. The minimum Gasteiger partial charge on any atom is -0.339 e. The normalized spacial score (nSPS) is 12.3. The molecule has 8 heteroatoms. The second-order valence-corrected chi connectivity index (χ2v) is 9.22. The van der Waals surface area contributed by atoms with Gasteiger partial charge in [0.2, 0.25) is 3.79 Å². The maximum absolute atomic E-state index is 12.5. The van der Waals surface area contributed by atoms with E-state index in [1.165, 1.54) is 0 Å². The van der Waals surface area contributed by atoms with Gasteiger partial charge in [0.25, 0.3) is 5.91 Å². The van der Waals surface area contributed by atoms with Gasteiger partial charge in [0.1, 0.15) is 6.17 Å². The highest BCUT2D eigenvalue weighted by molar-refractivity contribution is 7.80. The molecule has 29 heavy (non-hydrogen) atoms. The molecule has 3 N–H and O–H groups in total. The molecule has 0 aliphatic rings. The van der Waals surface area contributed by atoms with Crippen molar-refractivity contribution in [3.8, 4) is 0 Å². The molecular formula is C21H18Cl3N3OS. The van der Waals surface area contributed by atoms with Gasteiger partial charge in [-0.05, 0) is 42.7 Å². The maximum atomic E-state index is 12.5. The molecule has 0 aromatic heterocycles. The number of hydrogen-bond donors (Lipinski definition) is 3. The molecule has 0 radical (unpaired) electrons. The average molecular weight is 467 g/mol. The predicted octanol–water partition coefficient (Wildman–Crippen LogP) is 5.56. The van der Waals surface area contributed by atoms with Crippen LogP contribution in [0.3, 0.4) is 0 Å². The molecule has 0 aliphatic carbocycles. The smallest absolute Gasteiger partial charge is 0.252 e. The Morgan fingerprint density at radius 3 is 2.28 bits per heavy atom. The number of anilines is 1. The summed E-state index contributed by atoms with van der Waals surface area (Å²) in [6.07, 6.45) is -1.05. The zero-order chi connectivity index (χ0) is 21.0. The largest absolute Gasteiger partial charge is 0.339 e. The van der Waals surface area contributed by atoms with E-state index in [0.717, 1.165) is 22.0 Å². The highest BCUT2D eigenvalue weighted by Crippen LogP contribution is 2.29. The Hall–Kier alpha value is -2.05. The number of carbonyl (C=O) groups is 1. The van der Waals surface area contributed by atoms with Gasteiger partial charge in [0.15, 0.2) is 5.11 Å². The third-order valence-corrected chi connectivity index (χ3v) is 5.10. The topological polar surface area (TPSA) is 53.2 Å². The van der Waals surface area contributed by atoms with Crippen molar-refractivity contribution in [3.63, 3.8) is 0 Å². The third kappa shape index (κ3) is 5.73. The highest BCUT2D eigenvalue weighted by Gasteiger charge is 2.35. The van der Waals surface area contributed by atoms with Crippen molar-refractivity contribution < 1.29 is 4.79 Å². The van der Waals surface area contributed by atoms with Gasteiger partial charge in [-0.25, -0.2) is 0 Å². The zero-order valence-corrected chi connectivity index (χ0v) is 18.5. The monoisotopic (exact) mass is 465 g/mol. The Bertz CT molecular complexity index is 1030. The first-order chi connectivity index (χ1) is 13.7. The van der Waals surface area contributed by atoms with Gasteiger partial charge in [-0.1, -0.05) is 88.9 Å². The lowest BCUT2D eigenvalue weighted by Crippen LogP contribution is -2.56. The van der Waals surface area contributed by atoms with E-state index >= 15 is 0 Å². The van der Waals surface area contributed by atoms with E-state index in [4.69, 9.17) is 47.0 Å². The molecule has 0 saturated carbocycles. The van der Waals surface area contributed by atoms with Crippen LogP contribution in [0, 0.1) is 6.92 Å². The summed E-state index contributed by atoms with van der Waals surface area (Å²) in [4.78, 5) is 12.5. The van der Waals surface area contributed by atoms with E-state index < -0.39 is 9.96 Å². The molecule has 150 valence electrons. The van der Waals surface area contributed by atoms with Crippen molar-refractivity contribution in [2.45, 2.75) is 16.9 Å². The Labute approximate surface area is 189 Å². The summed E-state index contributed by atoms with van der Waals surface area (Å²) < 4.78 is -1.83. The van der Waals surface area contributed by atoms with E-state index in [2.05, 4.69) is 16.0 Å². The number of carbonyl (C=O) groups excluding carboxylic acids is 1. The molecule has 0 aliphatic heterocycles. The molecule has 0 heterocycles. The summed E-state index contributed by atoms with van der Waals surface area (Å²) in [5.74, 6) is -0.387. The van der Waals surface area contributed by atoms with Crippen LogP contribution in [0.5, 0.6) is 0 Å². The highest BCUT2D eigenvalue weighted by atomic mass is 35.6. The second-order valence-electron chi connectivity index (χ2n) is 6.44. The number of hydrogen-bond acceptors (Lipinski definition) is 2. The Kier molecular flexibility index (Phi) is 6.85. The summed E-state index contributed by atoms with van der Waals surface area (Å²) in [6, 6.07) is 20.8. The van der Waals surface area contributed by atoms with Gasteiger partial charge in [-0.2, -0.15) is 0 Å². The lowest BCUT2D eigenvalue weighted by atomic mass is 10.1. The van der Waals surface area contributed by atoms with Crippen LogP contribution < -0.4 is 16.0 Å². The fourth-order valence-corrected chi connectivity index (χ4v) is 3.30. The molecule has 3 aromatic rings. The molecule has 1 atom stereocenters. The van der Waals surface area contributed by atoms with Crippen LogP contribution in [0.4, 0.5) is 5.69 Å². The lowest BCUT2D eigenvalue weighted by Gasteiger charge is -2.28. The summed E-state index contributed by atoms with van der Waals surface area (Å²) in [7, 11) is 0. The van der Waals surface area contributed by atoms with E-state index in [0.29, 0.717) is 5.56 Å². The molecule has 3 rings (SSSR count). The summed E-state index contributed by atoms with van der Waals surface area (Å²) in [5.41, 5.74) is 2.29. The number of amides is 1. The predicted molar refractivity (Wildman–Crippen MR) is 126 cm³/mol. The standard InChI is InChI=1S/C21H18Cl3N3OS/c1-13-9-11-15(12-10-13)18(28)26-19(21(22,23)24)27-20(29)25-17-8-4-6-14-5-2-3-7-16(14)17/h2-12,19H,1H3,(H,26,28)(H2,25,27,29)/t19-/m1/s1.